The van der Waals surface area contributed by atoms with Crippen molar-refractivity contribution in [3.8, 4) is 11.1 Å². The summed E-state index contributed by atoms with van der Waals surface area (Å²) < 4.78 is 5.45. The van der Waals surface area contributed by atoms with Crippen molar-refractivity contribution in [2.45, 2.75) is 13.0 Å². The smallest absolute Gasteiger partial charge is 0.255 e. The maximum Gasteiger partial charge on any atom is 0.255 e. The number of fused-ring (bicyclic) bond motifs is 1. The van der Waals surface area contributed by atoms with E-state index in [4.69, 9.17) is 4.74 Å². The second-order valence-corrected chi connectivity index (χ2v) is 8.51. The standard InChI is InChI=1S/C26H27N3O3/c1-18-16-29(17-25(30)27-18)26(31)24-7-3-5-22-21(4-2-6-23(22)24)19-8-10-20(11-9-19)28-12-14-32-15-13-28/h2-11,18H,12-17H2,1H3,(H,27,30)/t18-/m1/s1. The average molecular weight is 430 g/mol. The summed E-state index contributed by atoms with van der Waals surface area (Å²) in [5.74, 6) is -0.213. The summed E-state index contributed by atoms with van der Waals surface area (Å²) in [5, 5.41) is 4.81. The predicted octanol–water partition coefficient (Wildman–Crippen LogP) is 3.30. The van der Waals surface area contributed by atoms with Gasteiger partial charge in [-0.3, -0.25) is 9.59 Å². The van der Waals surface area contributed by atoms with Crippen LogP contribution < -0.4 is 10.2 Å². The fraction of sp³-hybridized carbons (Fsp3) is 0.308. The first kappa shape index (κ1) is 20.5. The highest BCUT2D eigenvalue weighted by Gasteiger charge is 2.27. The van der Waals surface area contributed by atoms with Gasteiger partial charge in [-0.1, -0.05) is 42.5 Å². The number of morpholine rings is 1. The molecule has 0 aliphatic carbocycles. The average Bonchev–Trinajstić information content (AvgIpc) is 2.83. The van der Waals surface area contributed by atoms with Crippen molar-refractivity contribution < 1.29 is 14.3 Å². The molecule has 32 heavy (non-hydrogen) atoms. The Labute approximate surface area is 187 Å². The zero-order valence-electron chi connectivity index (χ0n) is 18.2. The van der Waals surface area contributed by atoms with Crippen LogP contribution in [0.25, 0.3) is 21.9 Å². The SMILES string of the molecule is C[C@@H]1CN(C(=O)c2cccc3c(-c4ccc(N5CCOCC5)cc4)cccc23)CC(=O)N1. The molecule has 6 heteroatoms. The quantitative estimate of drug-likeness (QED) is 0.694. The van der Waals surface area contributed by atoms with Crippen LogP contribution in [0, 0.1) is 0 Å². The van der Waals surface area contributed by atoms with E-state index in [0.29, 0.717) is 12.1 Å². The number of amides is 2. The molecule has 0 radical (unpaired) electrons. The highest BCUT2D eigenvalue weighted by Crippen LogP contribution is 2.32. The van der Waals surface area contributed by atoms with Gasteiger partial charge in [-0.25, -0.2) is 0 Å². The van der Waals surface area contributed by atoms with Gasteiger partial charge in [-0.2, -0.15) is 0 Å². The van der Waals surface area contributed by atoms with E-state index in [9.17, 15) is 9.59 Å². The van der Waals surface area contributed by atoms with Crippen LogP contribution in [0.1, 0.15) is 17.3 Å². The molecule has 2 saturated heterocycles. The van der Waals surface area contributed by atoms with Gasteiger partial charge in [0.05, 0.1) is 19.8 Å². The van der Waals surface area contributed by atoms with Crippen LogP contribution in [0.5, 0.6) is 0 Å². The Hall–Kier alpha value is -3.38. The summed E-state index contributed by atoms with van der Waals surface area (Å²) in [6.07, 6.45) is 0. The minimum Gasteiger partial charge on any atom is -0.378 e. The number of nitrogens with zero attached hydrogens (tertiary/aromatic N) is 2. The van der Waals surface area contributed by atoms with E-state index in [1.54, 1.807) is 4.90 Å². The van der Waals surface area contributed by atoms with Gasteiger partial charge in [0.25, 0.3) is 5.91 Å². The lowest BCUT2D eigenvalue weighted by molar-refractivity contribution is -0.124. The third kappa shape index (κ3) is 3.94. The van der Waals surface area contributed by atoms with Gasteiger partial charge < -0.3 is 19.9 Å². The van der Waals surface area contributed by atoms with Crippen LogP contribution in [0.15, 0.2) is 60.7 Å². The molecule has 164 valence electrons. The molecule has 0 unspecified atom stereocenters. The first-order chi connectivity index (χ1) is 15.6. The second-order valence-electron chi connectivity index (χ2n) is 8.51. The molecule has 1 N–H and O–H groups in total. The molecule has 6 nitrogen and oxygen atoms in total. The fourth-order valence-electron chi connectivity index (χ4n) is 4.68. The molecule has 2 amide bonds. The molecule has 0 spiro atoms. The van der Waals surface area contributed by atoms with Crippen LogP contribution in [-0.2, 0) is 9.53 Å². The fourth-order valence-corrected chi connectivity index (χ4v) is 4.68. The number of hydrogen-bond donors (Lipinski definition) is 1. The van der Waals surface area contributed by atoms with Gasteiger partial charge in [-0.05, 0) is 47.0 Å². The van der Waals surface area contributed by atoms with Crippen molar-refractivity contribution in [1.29, 1.82) is 0 Å². The number of rotatable bonds is 3. The van der Waals surface area contributed by atoms with Crippen molar-refractivity contribution >= 4 is 28.3 Å². The Kier molecular flexibility index (Phi) is 5.53. The minimum atomic E-state index is -0.113. The molecule has 0 bridgehead atoms. The van der Waals surface area contributed by atoms with Gasteiger partial charge in [0.1, 0.15) is 0 Å². The van der Waals surface area contributed by atoms with E-state index in [1.165, 1.54) is 5.69 Å². The lowest BCUT2D eigenvalue weighted by atomic mass is 9.95. The molecule has 2 aliphatic rings. The largest absolute Gasteiger partial charge is 0.378 e. The topological polar surface area (TPSA) is 61.9 Å². The van der Waals surface area contributed by atoms with Gasteiger partial charge in [-0.15, -0.1) is 0 Å². The van der Waals surface area contributed by atoms with Crippen LogP contribution in [0.3, 0.4) is 0 Å². The van der Waals surface area contributed by atoms with E-state index in [-0.39, 0.29) is 24.4 Å². The molecule has 1 atom stereocenters. The zero-order chi connectivity index (χ0) is 22.1. The Morgan fingerprint density at radius 3 is 2.44 bits per heavy atom. The third-order valence-electron chi connectivity index (χ3n) is 6.23. The third-order valence-corrected chi connectivity index (χ3v) is 6.23. The van der Waals surface area contributed by atoms with Crippen molar-refractivity contribution in [3.63, 3.8) is 0 Å². The molecular formula is C26H27N3O3. The summed E-state index contributed by atoms with van der Waals surface area (Å²) >= 11 is 0. The first-order valence-electron chi connectivity index (χ1n) is 11.1. The Morgan fingerprint density at radius 1 is 0.969 bits per heavy atom. The summed E-state index contributed by atoms with van der Waals surface area (Å²) in [6.45, 7) is 5.88. The van der Waals surface area contributed by atoms with Crippen LogP contribution in [-0.4, -0.2) is 62.1 Å². The van der Waals surface area contributed by atoms with Crippen LogP contribution >= 0.6 is 0 Å². The first-order valence-corrected chi connectivity index (χ1v) is 11.1. The second kappa shape index (κ2) is 8.63. The Balaban J connectivity index is 1.48. The lowest BCUT2D eigenvalue weighted by Gasteiger charge is -2.31. The summed E-state index contributed by atoms with van der Waals surface area (Å²) in [4.78, 5) is 29.2. The molecule has 2 fully saturated rings. The number of hydrogen-bond acceptors (Lipinski definition) is 4. The van der Waals surface area contributed by atoms with E-state index < -0.39 is 0 Å². The highest BCUT2D eigenvalue weighted by molar-refractivity contribution is 6.11. The Morgan fingerprint density at radius 2 is 1.69 bits per heavy atom. The molecular weight excluding hydrogens is 402 g/mol. The van der Waals surface area contributed by atoms with Crippen LogP contribution in [0.4, 0.5) is 5.69 Å². The van der Waals surface area contributed by atoms with Gasteiger partial charge in [0.15, 0.2) is 0 Å². The lowest BCUT2D eigenvalue weighted by Crippen LogP contribution is -2.54. The Bertz CT molecular complexity index is 1150. The molecule has 3 aromatic carbocycles. The molecule has 0 saturated carbocycles. The maximum absolute atomic E-state index is 13.3. The number of piperazine rings is 1. The van der Waals surface area contributed by atoms with Gasteiger partial charge in [0.2, 0.25) is 5.91 Å². The van der Waals surface area contributed by atoms with Crippen LogP contribution in [0.2, 0.25) is 0 Å². The molecule has 3 aromatic rings. The molecule has 5 rings (SSSR count). The summed E-state index contributed by atoms with van der Waals surface area (Å²) in [6, 6.07) is 20.5. The van der Waals surface area contributed by atoms with E-state index >= 15 is 0 Å². The number of carbonyl (C=O) groups is 2. The van der Waals surface area contributed by atoms with E-state index in [2.05, 4.69) is 46.6 Å². The number of benzene rings is 3. The van der Waals surface area contributed by atoms with Crippen molar-refractivity contribution in [1.82, 2.24) is 10.2 Å². The highest BCUT2D eigenvalue weighted by atomic mass is 16.5. The number of nitrogens with one attached hydrogen (secondary N) is 1. The molecule has 2 heterocycles. The van der Waals surface area contributed by atoms with Crippen molar-refractivity contribution in [2.75, 3.05) is 44.3 Å². The van der Waals surface area contributed by atoms with Gasteiger partial charge >= 0.3 is 0 Å². The molecule has 0 aromatic heterocycles. The predicted molar refractivity (Wildman–Crippen MR) is 126 cm³/mol. The zero-order valence-corrected chi connectivity index (χ0v) is 18.2. The number of carbonyl (C=O) groups excluding carboxylic acids is 2. The molecule has 2 aliphatic heterocycles. The van der Waals surface area contributed by atoms with E-state index in [0.717, 1.165) is 48.2 Å². The maximum atomic E-state index is 13.3. The number of ether oxygens (including phenoxy) is 1. The van der Waals surface area contributed by atoms with E-state index in [1.807, 2.05) is 31.2 Å². The van der Waals surface area contributed by atoms with Crippen molar-refractivity contribution in [3.05, 3.63) is 66.2 Å². The monoisotopic (exact) mass is 429 g/mol. The van der Waals surface area contributed by atoms with Crippen molar-refractivity contribution in [2.24, 2.45) is 0 Å². The minimum absolute atomic E-state index is 0.0456. The number of anilines is 1. The summed E-state index contributed by atoms with van der Waals surface area (Å²) in [5.41, 5.74) is 4.04. The normalized spacial score (nSPS) is 19.2. The summed E-state index contributed by atoms with van der Waals surface area (Å²) in [7, 11) is 0. The van der Waals surface area contributed by atoms with Gasteiger partial charge in [0, 0.05) is 36.9 Å².